The molecule has 106 valence electrons. The quantitative estimate of drug-likeness (QED) is 0.646. The standard InChI is InChI=1S/C16H27N3/c1-4-13-10-18-6-5-15(13)16(19-17)14-8-11(2)7-12(3)9-14/h5-6,10-12,14,16,19H,4,7-9,17H2,1-3H3. The number of aryl methyl sites for hydroxylation is 1. The average molecular weight is 261 g/mol. The summed E-state index contributed by atoms with van der Waals surface area (Å²) in [7, 11) is 0. The smallest absolute Gasteiger partial charge is 0.0492 e. The van der Waals surface area contributed by atoms with Crippen molar-refractivity contribution in [2.45, 2.75) is 52.5 Å². The Kier molecular flexibility index (Phi) is 4.94. The SMILES string of the molecule is CCc1cnccc1C(NN)C1CC(C)CC(C)C1. The molecular weight excluding hydrogens is 234 g/mol. The lowest BCUT2D eigenvalue weighted by Gasteiger charge is -2.37. The summed E-state index contributed by atoms with van der Waals surface area (Å²) >= 11 is 0. The van der Waals surface area contributed by atoms with Crippen LogP contribution in [0.5, 0.6) is 0 Å². The number of nitrogens with one attached hydrogen (secondary N) is 1. The molecule has 0 aromatic carbocycles. The van der Waals surface area contributed by atoms with Crippen LogP contribution in [0, 0.1) is 17.8 Å². The van der Waals surface area contributed by atoms with E-state index in [2.05, 4.69) is 37.2 Å². The Balaban J connectivity index is 2.23. The van der Waals surface area contributed by atoms with E-state index in [9.17, 15) is 0 Å². The zero-order valence-corrected chi connectivity index (χ0v) is 12.4. The van der Waals surface area contributed by atoms with E-state index in [1.54, 1.807) is 0 Å². The maximum atomic E-state index is 5.88. The van der Waals surface area contributed by atoms with Gasteiger partial charge >= 0.3 is 0 Å². The summed E-state index contributed by atoms with van der Waals surface area (Å²) in [5, 5.41) is 0. The van der Waals surface area contributed by atoms with Crippen LogP contribution in [0.3, 0.4) is 0 Å². The maximum Gasteiger partial charge on any atom is 0.0492 e. The van der Waals surface area contributed by atoms with Gasteiger partial charge in [0.1, 0.15) is 0 Å². The molecule has 1 aromatic rings. The van der Waals surface area contributed by atoms with Crippen LogP contribution in [-0.2, 0) is 6.42 Å². The molecule has 3 nitrogen and oxygen atoms in total. The van der Waals surface area contributed by atoms with Crippen LogP contribution in [0.15, 0.2) is 18.5 Å². The van der Waals surface area contributed by atoms with Gasteiger partial charge in [-0.05, 0) is 60.6 Å². The van der Waals surface area contributed by atoms with Gasteiger partial charge in [-0.1, -0.05) is 20.8 Å². The number of rotatable bonds is 4. The molecule has 3 unspecified atom stereocenters. The normalized spacial score (nSPS) is 29.2. The fourth-order valence-electron chi connectivity index (χ4n) is 3.80. The number of hydrogen-bond donors (Lipinski definition) is 2. The highest BCUT2D eigenvalue weighted by Gasteiger charge is 2.31. The molecule has 0 aliphatic heterocycles. The first kappa shape index (κ1) is 14.5. The van der Waals surface area contributed by atoms with Crippen LogP contribution < -0.4 is 11.3 Å². The topological polar surface area (TPSA) is 50.9 Å². The summed E-state index contributed by atoms with van der Waals surface area (Å²) in [5.41, 5.74) is 5.73. The molecule has 1 fully saturated rings. The second-order valence-electron chi connectivity index (χ2n) is 6.25. The first-order valence-electron chi connectivity index (χ1n) is 7.54. The molecule has 3 heteroatoms. The lowest BCUT2D eigenvalue weighted by atomic mass is 9.72. The minimum atomic E-state index is 0.267. The van der Waals surface area contributed by atoms with Crippen molar-refractivity contribution in [3.05, 3.63) is 29.6 Å². The zero-order chi connectivity index (χ0) is 13.8. The molecule has 0 bridgehead atoms. The molecule has 1 heterocycles. The van der Waals surface area contributed by atoms with E-state index in [-0.39, 0.29) is 6.04 Å². The van der Waals surface area contributed by atoms with E-state index >= 15 is 0 Å². The van der Waals surface area contributed by atoms with E-state index < -0.39 is 0 Å². The van der Waals surface area contributed by atoms with Gasteiger partial charge in [-0.2, -0.15) is 0 Å². The Labute approximate surface area is 117 Å². The van der Waals surface area contributed by atoms with Crippen LogP contribution in [0.4, 0.5) is 0 Å². The monoisotopic (exact) mass is 261 g/mol. The van der Waals surface area contributed by atoms with Crippen molar-refractivity contribution < 1.29 is 0 Å². The molecule has 0 spiro atoms. The third-order valence-electron chi connectivity index (χ3n) is 4.52. The van der Waals surface area contributed by atoms with Gasteiger partial charge in [-0.25, -0.2) is 0 Å². The molecule has 1 aliphatic rings. The molecule has 3 N–H and O–H groups in total. The second kappa shape index (κ2) is 6.49. The molecule has 0 saturated heterocycles. The van der Waals surface area contributed by atoms with Gasteiger partial charge in [0, 0.05) is 18.4 Å². The second-order valence-corrected chi connectivity index (χ2v) is 6.25. The maximum absolute atomic E-state index is 5.88. The molecule has 19 heavy (non-hydrogen) atoms. The summed E-state index contributed by atoms with van der Waals surface area (Å²) in [6, 6.07) is 2.40. The summed E-state index contributed by atoms with van der Waals surface area (Å²) in [4.78, 5) is 4.24. The highest BCUT2D eigenvalue weighted by Crippen LogP contribution is 2.40. The number of nitrogens with two attached hydrogens (primary N) is 1. The summed E-state index contributed by atoms with van der Waals surface area (Å²) in [6.07, 6.45) is 8.77. The van der Waals surface area contributed by atoms with Gasteiger partial charge in [0.25, 0.3) is 0 Å². The minimum Gasteiger partial charge on any atom is -0.271 e. The summed E-state index contributed by atoms with van der Waals surface area (Å²) in [5.74, 6) is 8.12. The van der Waals surface area contributed by atoms with Crippen LogP contribution in [0.2, 0.25) is 0 Å². The molecule has 2 rings (SSSR count). The van der Waals surface area contributed by atoms with Crippen LogP contribution in [0.1, 0.15) is 57.2 Å². The van der Waals surface area contributed by atoms with Crippen molar-refractivity contribution in [3.8, 4) is 0 Å². The first-order chi connectivity index (χ1) is 9.15. The Bertz CT molecular complexity index is 395. The van der Waals surface area contributed by atoms with Gasteiger partial charge in [-0.3, -0.25) is 16.3 Å². The van der Waals surface area contributed by atoms with Crippen molar-refractivity contribution >= 4 is 0 Å². The predicted octanol–water partition coefficient (Wildman–Crippen LogP) is 3.22. The van der Waals surface area contributed by atoms with Crippen molar-refractivity contribution in [1.82, 2.24) is 10.4 Å². The summed E-state index contributed by atoms with van der Waals surface area (Å²) < 4.78 is 0. The van der Waals surface area contributed by atoms with Crippen LogP contribution >= 0.6 is 0 Å². The van der Waals surface area contributed by atoms with E-state index in [0.29, 0.717) is 5.92 Å². The highest BCUT2D eigenvalue weighted by molar-refractivity contribution is 5.27. The average Bonchev–Trinajstić information content (AvgIpc) is 2.39. The fourth-order valence-corrected chi connectivity index (χ4v) is 3.80. The van der Waals surface area contributed by atoms with E-state index in [1.165, 1.54) is 30.4 Å². The van der Waals surface area contributed by atoms with Crippen LogP contribution in [-0.4, -0.2) is 4.98 Å². The third-order valence-corrected chi connectivity index (χ3v) is 4.52. The van der Waals surface area contributed by atoms with Crippen molar-refractivity contribution in [2.24, 2.45) is 23.6 Å². The Morgan fingerprint density at radius 3 is 2.58 bits per heavy atom. The van der Waals surface area contributed by atoms with Crippen molar-refractivity contribution in [3.63, 3.8) is 0 Å². The fraction of sp³-hybridized carbons (Fsp3) is 0.688. The Morgan fingerprint density at radius 1 is 1.32 bits per heavy atom. The molecule has 0 amide bonds. The number of hydrazine groups is 1. The molecule has 3 atom stereocenters. The van der Waals surface area contributed by atoms with E-state index in [0.717, 1.165) is 18.3 Å². The van der Waals surface area contributed by atoms with Gasteiger partial charge in [0.05, 0.1) is 0 Å². The van der Waals surface area contributed by atoms with E-state index in [4.69, 9.17) is 5.84 Å². The predicted molar refractivity (Wildman–Crippen MR) is 79.3 cm³/mol. The lowest BCUT2D eigenvalue weighted by molar-refractivity contribution is 0.176. The lowest BCUT2D eigenvalue weighted by Crippen LogP contribution is -2.37. The number of hydrogen-bond acceptors (Lipinski definition) is 3. The Morgan fingerprint density at radius 2 is 2.00 bits per heavy atom. The number of nitrogens with zero attached hydrogens (tertiary/aromatic N) is 1. The molecule has 0 radical (unpaired) electrons. The third kappa shape index (κ3) is 3.34. The van der Waals surface area contributed by atoms with Gasteiger partial charge < -0.3 is 0 Å². The van der Waals surface area contributed by atoms with E-state index in [1.807, 2.05) is 12.4 Å². The summed E-state index contributed by atoms with van der Waals surface area (Å²) in [6.45, 7) is 6.91. The van der Waals surface area contributed by atoms with Gasteiger partial charge in [0.2, 0.25) is 0 Å². The molecular formula is C16H27N3. The van der Waals surface area contributed by atoms with Crippen molar-refractivity contribution in [1.29, 1.82) is 0 Å². The number of pyridine rings is 1. The first-order valence-corrected chi connectivity index (χ1v) is 7.54. The minimum absolute atomic E-state index is 0.267. The number of aromatic nitrogens is 1. The van der Waals surface area contributed by atoms with Gasteiger partial charge in [-0.15, -0.1) is 0 Å². The highest BCUT2D eigenvalue weighted by atomic mass is 15.2. The largest absolute Gasteiger partial charge is 0.271 e. The molecule has 1 aromatic heterocycles. The van der Waals surface area contributed by atoms with Gasteiger partial charge in [0.15, 0.2) is 0 Å². The molecule has 1 saturated carbocycles. The molecule has 1 aliphatic carbocycles. The zero-order valence-electron chi connectivity index (χ0n) is 12.4. The van der Waals surface area contributed by atoms with Crippen LogP contribution in [0.25, 0.3) is 0 Å². The Hall–Kier alpha value is -0.930. The van der Waals surface area contributed by atoms with Crippen molar-refractivity contribution in [2.75, 3.05) is 0 Å².